The monoisotopic (exact) mass is 460 g/mol. The van der Waals surface area contributed by atoms with E-state index in [0.29, 0.717) is 5.56 Å². The fourth-order valence-electron chi connectivity index (χ4n) is 2.48. The van der Waals surface area contributed by atoms with Gasteiger partial charge in [0, 0.05) is 25.9 Å². The smallest absolute Gasteiger partial charge is 0.383 e. The summed E-state index contributed by atoms with van der Waals surface area (Å²) in [6.07, 6.45) is -4.46. The van der Waals surface area contributed by atoms with Crippen LogP contribution in [-0.2, 0) is 27.6 Å². The van der Waals surface area contributed by atoms with Gasteiger partial charge in [-0.2, -0.15) is 21.6 Å². The number of hydrogen-bond acceptors (Lipinski definition) is 5. The van der Waals surface area contributed by atoms with Crippen molar-refractivity contribution >= 4 is 21.8 Å². The van der Waals surface area contributed by atoms with E-state index in [0.717, 1.165) is 12.1 Å². The molecule has 0 bridgehead atoms. The van der Waals surface area contributed by atoms with Crippen LogP contribution in [0.1, 0.15) is 18.1 Å². The second-order valence-corrected chi connectivity index (χ2v) is 8.35. The lowest BCUT2D eigenvalue weighted by atomic mass is 10.2. The molecule has 0 radical (unpaired) electrons. The first-order valence-corrected chi connectivity index (χ1v) is 10.8. The molecular formula is C20H23F3N2O5S. The Bertz CT molecular complexity index is 962. The lowest BCUT2D eigenvalue weighted by Crippen LogP contribution is -2.36. The molecule has 7 nitrogen and oxygen atoms in total. The minimum Gasteiger partial charge on any atom is -0.383 e. The Hall–Kier alpha value is -2.79. The van der Waals surface area contributed by atoms with Crippen molar-refractivity contribution in [3.05, 3.63) is 59.7 Å². The van der Waals surface area contributed by atoms with E-state index in [-0.39, 0.29) is 36.9 Å². The number of benzene rings is 2. The number of urea groups is 1. The van der Waals surface area contributed by atoms with Gasteiger partial charge in [-0.25, -0.2) is 4.79 Å². The number of ether oxygens (including phenoxy) is 1. The molecule has 0 fully saturated rings. The number of nitrogens with one attached hydrogen (secondary N) is 1. The predicted molar refractivity (Wildman–Crippen MR) is 109 cm³/mol. The highest BCUT2D eigenvalue weighted by Crippen LogP contribution is 2.29. The van der Waals surface area contributed by atoms with Crippen molar-refractivity contribution in [1.82, 2.24) is 4.90 Å². The third-order valence-corrected chi connectivity index (χ3v) is 5.34. The molecule has 0 aliphatic heterocycles. The molecule has 0 saturated carbocycles. The second kappa shape index (κ2) is 10.5. The predicted octanol–water partition coefficient (Wildman–Crippen LogP) is 4.11. The summed E-state index contributed by atoms with van der Waals surface area (Å²) in [4.78, 5) is 14.0. The molecule has 0 aliphatic rings. The minimum absolute atomic E-state index is 0.156. The van der Waals surface area contributed by atoms with Crippen LogP contribution in [-0.4, -0.2) is 45.4 Å². The lowest BCUT2D eigenvalue weighted by Gasteiger charge is -2.23. The number of alkyl halides is 3. The molecular weight excluding hydrogens is 437 g/mol. The third-order valence-electron chi connectivity index (χ3n) is 4.19. The molecule has 0 saturated heterocycles. The van der Waals surface area contributed by atoms with Crippen molar-refractivity contribution in [3.8, 4) is 5.75 Å². The van der Waals surface area contributed by atoms with Gasteiger partial charge in [-0.1, -0.05) is 12.1 Å². The largest absolute Gasteiger partial charge is 0.416 e. The molecule has 170 valence electrons. The van der Waals surface area contributed by atoms with Gasteiger partial charge in [0.05, 0.1) is 17.9 Å². The standard InChI is InChI=1S/C20H23F3N2O5S/c1-3-31(27,28)30-18-10-4-15(5-11-18)14-25(12-13-29-2)19(26)24-17-8-6-16(7-9-17)20(21,22)23/h4-11H,3,12-14H2,1-2H3,(H,24,26). The maximum Gasteiger partial charge on any atom is 0.416 e. The van der Waals surface area contributed by atoms with Gasteiger partial charge >= 0.3 is 22.3 Å². The van der Waals surface area contributed by atoms with E-state index in [9.17, 15) is 26.4 Å². The Morgan fingerprint density at radius 2 is 1.68 bits per heavy atom. The van der Waals surface area contributed by atoms with Crippen LogP contribution >= 0.6 is 0 Å². The zero-order chi connectivity index (χ0) is 23.1. The summed E-state index contributed by atoms with van der Waals surface area (Å²) in [7, 11) is -2.16. The van der Waals surface area contributed by atoms with Crippen molar-refractivity contribution in [2.75, 3.05) is 31.3 Å². The molecule has 11 heteroatoms. The van der Waals surface area contributed by atoms with E-state index >= 15 is 0 Å². The Labute approximate surface area is 178 Å². The van der Waals surface area contributed by atoms with Crippen molar-refractivity contribution in [2.45, 2.75) is 19.6 Å². The zero-order valence-corrected chi connectivity index (χ0v) is 17.8. The van der Waals surface area contributed by atoms with Crippen LogP contribution in [0.15, 0.2) is 48.5 Å². The van der Waals surface area contributed by atoms with E-state index in [2.05, 4.69) is 5.32 Å². The molecule has 0 aliphatic carbocycles. The molecule has 2 rings (SSSR count). The van der Waals surface area contributed by atoms with E-state index in [4.69, 9.17) is 8.92 Å². The topological polar surface area (TPSA) is 84.9 Å². The molecule has 0 atom stereocenters. The molecule has 31 heavy (non-hydrogen) atoms. The van der Waals surface area contributed by atoms with Gasteiger partial charge < -0.3 is 19.1 Å². The number of nitrogens with zero attached hydrogens (tertiary/aromatic N) is 1. The first-order valence-electron chi connectivity index (χ1n) is 9.27. The molecule has 0 heterocycles. The van der Waals surface area contributed by atoms with Gasteiger partial charge in [-0.05, 0) is 48.9 Å². The normalized spacial score (nSPS) is 11.8. The van der Waals surface area contributed by atoms with E-state index in [1.165, 1.54) is 43.2 Å². The highest BCUT2D eigenvalue weighted by Gasteiger charge is 2.30. The second-order valence-electron chi connectivity index (χ2n) is 6.49. The van der Waals surface area contributed by atoms with Gasteiger partial charge in [0.15, 0.2) is 0 Å². The number of methoxy groups -OCH3 is 1. The third kappa shape index (κ3) is 7.76. The number of amides is 2. The van der Waals surface area contributed by atoms with Crippen molar-refractivity contribution < 1.29 is 35.3 Å². The quantitative estimate of drug-likeness (QED) is 0.569. The number of carbonyl (C=O) groups excluding carboxylic acids is 1. The van der Waals surface area contributed by atoms with Gasteiger partial charge in [0.25, 0.3) is 0 Å². The molecule has 0 spiro atoms. The van der Waals surface area contributed by atoms with Crippen LogP contribution in [0.2, 0.25) is 0 Å². The SMILES string of the molecule is CCS(=O)(=O)Oc1ccc(CN(CCOC)C(=O)Nc2ccc(C(F)(F)F)cc2)cc1. The number of rotatable bonds is 9. The van der Waals surface area contributed by atoms with Gasteiger partial charge in [0.2, 0.25) is 0 Å². The summed E-state index contributed by atoms with van der Waals surface area (Å²) in [6.45, 7) is 2.10. The first kappa shape index (κ1) is 24.5. The zero-order valence-electron chi connectivity index (χ0n) is 17.0. The summed E-state index contributed by atoms with van der Waals surface area (Å²) in [5, 5.41) is 2.56. The number of hydrogen-bond donors (Lipinski definition) is 1. The molecule has 2 amide bonds. The maximum atomic E-state index is 12.7. The van der Waals surface area contributed by atoms with Gasteiger partial charge in [-0.3, -0.25) is 0 Å². The van der Waals surface area contributed by atoms with E-state index < -0.39 is 27.9 Å². The average molecular weight is 460 g/mol. The van der Waals surface area contributed by atoms with Crippen LogP contribution in [0.4, 0.5) is 23.7 Å². The Balaban J connectivity index is 2.07. The van der Waals surface area contributed by atoms with Crippen LogP contribution in [0.5, 0.6) is 5.75 Å². The molecule has 0 aromatic heterocycles. The minimum atomic E-state index is -4.46. The molecule has 0 unspecified atom stereocenters. The summed E-state index contributed by atoms with van der Waals surface area (Å²) in [5.41, 5.74) is 0.1000. The average Bonchev–Trinajstić information content (AvgIpc) is 2.71. The number of halogens is 3. The Kier molecular flexibility index (Phi) is 8.28. The van der Waals surface area contributed by atoms with Crippen molar-refractivity contribution in [2.24, 2.45) is 0 Å². The van der Waals surface area contributed by atoms with E-state index in [1.54, 1.807) is 12.1 Å². The summed E-state index contributed by atoms with van der Waals surface area (Å²) in [6, 6.07) is 9.79. The van der Waals surface area contributed by atoms with Gasteiger partial charge in [0.1, 0.15) is 5.75 Å². The fourth-order valence-corrected chi connectivity index (χ4v) is 3.00. The number of anilines is 1. The molecule has 1 N–H and O–H groups in total. The summed E-state index contributed by atoms with van der Waals surface area (Å²) in [5.74, 6) is -0.00724. The highest BCUT2D eigenvalue weighted by molar-refractivity contribution is 7.87. The van der Waals surface area contributed by atoms with Crippen LogP contribution in [0.3, 0.4) is 0 Å². The molecule has 2 aromatic carbocycles. The van der Waals surface area contributed by atoms with Gasteiger partial charge in [-0.15, -0.1) is 0 Å². The van der Waals surface area contributed by atoms with Crippen LogP contribution in [0, 0.1) is 0 Å². The fraction of sp³-hybridized carbons (Fsp3) is 0.350. The lowest BCUT2D eigenvalue weighted by molar-refractivity contribution is -0.137. The van der Waals surface area contributed by atoms with Crippen LogP contribution < -0.4 is 9.50 Å². The maximum absolute atomic E-state index is 12.7. The number of carbonyl (C=O) groups is 1. The van der Waals surface area contributed by atoms with Crippen LogP contribution in [0.25, 0.3) is 0 Å². The van der Waals surface area contributed by atoms with Crippen molar-refractivity contribution in [1.29, 1.82) is 0 Å². The first-order chi connectivity index (χ1) is 14.5. The van der Waals surface area contributed by atoms with E-state index in [1.807, 2.05) is 0 Å². The Morgan fingerprint density at radius 3 is 2.19 bits per heavy atom. The molecule has 2 aromatic rings. The van der Waals surface area contributed by atoms with Crippen molar-refractivity contribution in [3.63, 3.8) is 0 Å². The Morgan fingerprint density at radius 1 is 1.06 bits per heavy atom. The summed E-state index contributed by atoms with van der Waals surface area (Å²) < 4.78 is 71.0. The summed E-state index contributed by atoms with van der Waals surface area (Å²) >= 11 is 0. The highest BCUT2D eigenvalue weighted by atomic mass is 32.2.